The third-order valence-electron chi connectivity index (χ3n) is 1.99. The molecule has 1 aliphatic heterocycles. The van der Waals surface area contributed by atoms with Crippen LogP contribution >= 0.6 is 23.4 Å². The Kier molecular flexibility index (Phi) is 2.67. The number of halogens is 1. The van der Waals surface area contributed by atoms with E-state index in [1.165, 1.54) is 0 Å². The predicted molar refractivity (Wildman–Crippen MR) is 56.3 cm³/mol. The van der Waals surface area contributed by atoms with E-state index in [4.69, 9.17) is 11.6 Å². The second-order valence-corrected chi connectivity index (χ2v) is 4.54. The predicted octanol–water partition coefficient (Wildman–Crippen LogP) is 2.38. The summed E-state index contributed by atoms with van der Waals surface area (Å²) in [6, 6.07) is 5.35. The molecule has 2 nitrogen and oxygen atoms in total. The molecule has 70 valence electrons. The van der Waals surface area contributed by atoms with Crippen molar-refractivity contribution in [1.29, 1.82) is 0 Å². The Bertz CT molecular complexity index is 312. The quantitative estimate of drug-likeness (QED) is 0.755. The van der Waals surface area contributed by atoms with Crippen LogP contribution in [0.25, 0.3) is 0 Å². The van der Waals surface area contributed by atoms with E-state index in [0.717, 1.165) is 17.9 Å². The van der Waals surface area contributed by atoms with Gasteiger partial charge in [0.2, 0.25) is 0 Å². The van der Waals surface area contributed by atoms with E-state index in [9.17, 15) is 5.11 Å². The highest BCUT2D eigenvalue weighted by Crippen LogP contribution is 2.33. The Labute approximate surface area is 86.3 Å². The lowest BCUT2D eigenvalue weighted by Crippen LogP contribution is -2.11. The van der Waals surface area contributed by atoms with E-state index in [-0.39, 0.29) is 5.75 Å². The van der Waals surface area contributed by atoms with Crippen LogP contribution in [0, 0.1) is 0 Å². The molecule has 1 atom stereocenters. The minimum Gasteiger partial charge on any atom is -0.506 e. The Morgan fingerprint density at radius 3 is 3.00 bits per heavy atom. The molecule has 0 amide bonds. The summed E-state index contributed by atoms with van der Waals surface area (Å²) in [5.74, 6) is 1.27. The molecule has 1 aromatic rings. The molecule has 2 N–H and O–H groups in total. The lowest BCUT2D eigenvalue weighted by molar-refractivity contribution is 0.475. The van der Waals surface area contributed by atoms with Crippen LogP contribution < -0.4 is 5.32 Å². The van der Waals surface area contributed by atoms with Crippen molar-refractivity contribution >= 4 is 23.4 Å². The van der Waals surface area contributed by atoms with Gasteiger partial charge in [0.15, 0.2) is 0 Å². The van der Waals surface area contributed by atoms with Gasteiger partial charge in [0.1, 0.15) is 5.75 Å². The zero-order valence-electron chi connectivity index (χ0n) is 6.96. The SMILES string of the molecule is Oc1ccc(C2NCCS2)cc1Cl. The maximum atomic E-state index is 9.23. The number of thioether (sulfide) groups is 1. The zero-order valence-corrected chi connectivity index (χ0v) is 8.53. The first-order chi connectivity index (χ1) is 6.27. The maximum absolute atomic E-state index is 9.23. The van der Waals surface area contributed by atoms with Crippen molar-refractivity contribution in [1.82, 2.24) is 5.32 Å². The molecule has 0 spiro atoms. The van der Waals surface area contributed by atoms with Gasteiger partial charge in [-0.1, -0.05) is 17.7 Å². The van der Waals surface area contributed by atoms with Crippen molar-refractivity contribution in [3.05, 3.63) is 28.8 Å². The van der Waals surface area contributed by atoms with Crippen LogP contribution in [0.1, 0.15) is 10.9 Å². The fraction of sp³-hybridized carbons (Fsp3) is 0.333. The van der Waals surface area contributed by atoms with Crippen molar-refractivity contribution in [3.8, 4) is 5.75 Å². The standard InChI is InChI=1S/C9H10ClNOS/c10-7-5-6(1-2-8(7)12)9-11-3-4-13-9/h1-2,5,9,11-12H,3-4H2. The first-order valence-electron chi connectivity index (χ1n) is 4.11. The number of hydrogen-bond donors (Lipinski definition) is 2. The molecule has 0 aliphatic carbocycles. The molecule has 1 saturated heterocycles. The Morgan fingerprint density at radius 1 is 1.54 bits per heavy atom. The number of benzene rings is 1. The van der Waals surface area contributed by atoms with Crippen LogP contribution in [-0.4, -0.2) is 17.4 Å². The van der Waals surface area contributed by atoms with Crippen LogP contribution in [-0.2, 0) is 0 Å². The summed E-state index contributed by atoms with van der Waals surface area (Å²) in [7, 11) is 0. The van der Waals surface area contributed by atoms with Gasteiger partial charge in [0.05, 0.1) is 10.4 Å². The van der Waals surface area contributed by atoms with Gasteiger partial charge in [-0.2, -0.15) is 0 Å². The van der Waals surface area contributed by atoms with Crippen molar-refractivity contribution < 1.29 is 5.11 Å². The van der Waals surface area contributed by atoms with E-state index in [0.29, 0.717) is 10.4 Å². The van der Waals surface area contributed by atoms with Crippen molar-refractivity contribution in [2.45, 2.75) is 5.37 Å². The Hall–Kier alpha value is -0.380. The van der Waals surface area contributed by atoms with E-state index in [1.807, 2.05) is 23.9 Å². The molecule has 0 aromatic heterocycles. The van der Waals surface area contributed by atoms with Crippen molar-refractivity contribution in [3.63, 3.8) is 0 Å². The number of rotatable bonds is 1. The Morgan fingerprint density at radius 2 is 2.38 bits per heavy atom. The number of phenols is 1. The third kappa shape index (κ3) is 1.93. The van der Waals surface area contributed by atoms with E-state index >= 15 is 0 Å². The van der Waals surface area contributed by atoms with Gasteiger partial charge in [-0.15, -0.1) is 11.8 Å². The van der Waals surface area contributed by atoms with Gasteiger partial charge in [-0.25, -0.2) is 0 Å². The molecule has 1 unspecified atom stereocenters. The number of phenolic OH excluding ortho intramolecular Hbond substituents is 1. The minimum absolute atomic E-state index is 0.147. The first kappa shape index (κ1) is 9.19. The van der Waals surface area contributed by atoms with Gasteiger partial charge in [0.25, 0.3) is 0 Å². The summed E-state index contributed by atoms with van der Waals surface area (Å²) >= 11 is 7.66. The number of hydrogen-bond acceptors (Lipinski definition) is 3. The second kappa shape index (κ2) is 3.78. The smallest absolute Gasteiger partial charge is 0.134 e. The molecule has 0 saturated carbocycles. The monoisotopic (exact) mass is 215 g/mol. The van der Waals surface area contributed by atoms with Crippen molar-refractivity contribution in [2.24, 2.45) is 0 Å². The molecule has 0 radical (unpaired) electrons. The summed E-state index contributed by atoms with van der Waals surface area (Å²) in [5, 5.41) is 13.3. The van der Waals surface area contributed by atoms with Gasteiger partial charge in [0, 0.05) is 12.3 Å². The van der Waals surface area contributed by atoms with Crippen LogP contribution in [0.3, 0.4) is 0 Å². The largest absolute Gasteiger partial charge is 0.506 e. The highest BCUT2D eigenvalue weighted by Gasteiger charge is 2.17. The highest BCUT2D eigenvalue weighted by molar-refractivity contribution is 7.99. The fourth-order valence-electron chi connectivity index (χ4n) is 1.33. The van der Waals surface area contributed by atoms with Crippen LogP contribution in [0.5, 0.6) is 5.75 Å². The summed E-state index contributed by atoms with van der Waals surface area (Å²) in [5.41, 5.74) is 1.13. The summed E-state index contributed by atoms with van der Waals surface area (Å²) in [4.78, 5) is 0. The topological polar surface area (TPSA) is 32.3 Å². The summed E-state index contributed by atoms with van der Waals surface area (Å²) in [6.07, 6.45) is 0. The minimum atomic E-state index is 0.147. The van der Waals surface area contributed by atoms with Crippen molar-refractivity contribution in [2.75, 3.05) is 12.3 Å². The lowest BCUT2D eigenvalue weighted by atomic mass is 10.2. The average molecular weight is 216 g/mol. The molecule has 1 aliphatic rings. The molecule has 1 aromatic carbocycles. The van der Waals surface area contributed by atoms with Crippen LogP contribution in [0.15, 0.2) is 18.2 Å². The zero-order chi connectivity index (χ0) is 9.26. The van der Waals surface area contributed by atoms with E-state index in [2.05, 4.69) is 5.32 Å². The summed E-state index contributed by atoms with van der Waals surface area (Å²) in [6.45, 7) is 1.04. The molecule has 1 fully saturated rings. The average Bonchev–Trinajstić information content (AvgIpc) is 2.62. The number of aromatic hydroxyl groups is 1. The molecule has 0 bridgehead atoms. The van der Waals surface area contributed by atoms with Gasteiger partial charge < -0.3 is 10.4 Å². The highest BCUT2D eigenvalue weighted by atomic mass is 35.5. The molecular weight excluding hydrogens is 206 g/mol. The third-order valence-corrected chi connectivity index (χ3v) is 3.51. The van der Waals surface area contributed by atoms with Gasteiger partial charge in [-0.05, 0) is 17.7 Å². The lowest BCUT2D eigenvalue weighted by Gasteiger charge is -2.10. The molecule has 4 heteroatoms. The molecule has 1 heterocycles. The summed E-state index contributed by atoms with van der Waals surface area (Å²) < 4.78 is 0. The molecule has 13 heavy (non-hydrogen) atoms. The van der Waals surface area contributed by atoms with Gasteiger partial charge >= 0.3 is 0 Å². The van der Waals surface area contributed by atoms with Gasteiger partial charge in [-0.3, -0.25) is 0 Å². The Balaban J connectivity index is 2.25. The normalized spacial score (nSPS) is 22.1. The van der Waals surface area contributed by atoms with E-state index < -0.39 is 0 Å². The second-order valence-electron chi connectivity index (χ2n) is 2.92. The number of nitrogens with one attached hydrogen (secondary N) is 1. The first-order valence-corrected chi connectivity index (χ1v) is 5.53. The van der Waals surface area contributed by atoms with Crippen LogP contribution in [0.2, 0.25) is 5.02 Å². The molecule has 2 rings (SSSR count). The maximum Gasteiger partial charge on any atom is 0.134 e. The molecular formula is C9H10ClNOS. The van der Waals surface area contributed by atoms with E-state index in [1.54, 1.807) is 6.07 Å². The van der Waals surface area contributed by atoms with Crippen LogP contribution in [0.4, 0.5) is 0 Å². The fourth-order valence-corrected chi connectivity index (χ4v) is 2.56.